The van der Waals surface area contributed by atoms with E-state index in [-0.39, 0.29) is 11.8 Å². The van der Waals surface area contributed by atoms with Crippen molar-refractivity contribution in [1.82, 2.24) is 4.98 Å². The van der Waals surface area contributed by atoms with Crippen molar-refractivity contribution in [1.29, 1.82) is 0 Å². The third kappa shape index (κ3) is 4.05. The fourth-order valence-corrected chi connectivity index (χ4v) is 3.32. The van der Waals surface area contributed by atoms with Gasteiger partial charge in [-0.3, -0.25) is 14.9 Å². The summed E-state index contributed by atoms with van der Waals surface area (Å²) in [5, 5.41) is 4.93. The number of nitrogens with one attached hydrogen (secondary N) is 1. The maximum Gasteiger partial charge on any atom is 0.259 e. The van der Waals surface area contributed by atoms with Crippen LogP contribution in [0.15, 0.2) is 72.2 Å². The molecular formula is C20H17N3O3S. The van der Waals surface area contributed by atoms with Crippen molar-refractivity contribution in [2.45, 2.75) is 18.8 Å². The van der Waals surface area contributed by atoms with E-state index in [1.54, 1.807) is 16.5 Å². The predicted octanol–water partition coefficient (Wildman–Crippen LogP) is 3.08. The first-order valence-electron chi connectivity index (χ1n) is 8.48. The molecule has 1 aromatic heterocycles. The molecule has 1 aliphatic heterocycles. The van der Waals surface area contributed by atoms with Crippen molar-refractivity contribution >= 4 is 34.0 Å². The number of amides is 2. The Labute approximate surface area is 160 Å². The molecule has 1 saturated heterocycles. The van der Waals surface area contributed by atoms with Gasteiger partial charge in [-0.05, 0) is 17.7 Å². The zero-order valence-electron chi connectivity index (χ0n) is 14.3. The van der Waals surface area contributed by atoms with Crippen LogP contribution in [0.3, 0.4) is 0 Å². The van der Waals surface area contributed by atoms with Crippen LogP contribution >= 0.6 is 11.3 Å². The molecule has 2 atom stereocenters. The monoisotopic (exact) mass is 379 g/mol. The van der Waals surface area contributed by atoms with Crippen molar-refractivity contribution in [3.63, 3.8) is 0 Å². The van der Waals surface area contributed by atoms with E-state index < -0.39 is 12.2 Å². The summed E-state index contributed by atoms with van der Waals surface area (Å²) in [4.78, 5) is 31.0. The minimum Gasteiger partial charge on any atom is -0.349 e. The van der Waals surface area contributed by atoms with Gasteiger partial charge < -0.3 is 9.64 Å². The Morgan fingerprint density at radius 2 is 1.74 bits per heavy atom. The molecule has 1 N–H and O–H groups in total. The number of para-hydroxylation sites is 1. The number of anilines is 2. The molecule has 7 heteroatoms. The second-order valence-electron chi connectivity index (χ2n) is 6.05. The molecule has 1 fully saturated rings. The summed E-state index contributed by atoms with van der Waals surface area (Å²) in [5.74, 6) is -0.583. The third-order valence-electron chi connectivity index (χ3n) is 4.17. The number of thiazole rings is 1. The molecule has 0 bridgehead atoms. The average Bonchev–Trinajstić information content (AvgIpc) is 3.36. The quantitative estimate of drug-likeness (QED) is 0.668. The number of hydrogen-bond donors (Lipinski definition) is 1. The van der Waals surface area contributed by atoms with Crippen molar-refractivity contribution in [2.24, 2.45) is 0 Å². The molecule has 0 spiro atoms. The maximum absolute atomic E-state index is 13.0. The van der Waals surface area contributed by atoms with E-state index in [1.807, 2.05) is 60.7 Å². The predicted molar refractivity (Wildman–Crippen MR) is 103 cm³/mol. The molecule has 0 saturated carbocycles. The lowest BCUT2D eigenvalue weighted by Gasteiger charge is -2.22. The first-order chi connectivity index (χ1) is 13.2. The fourth-order valence-electron chi connectivity index (χ4n) is 2.79. The van der Waals surface area contributed by atoms with Crippen LogP contribution < -0.4 is 10.2 Å². The maximum atomic E-state index is 13.0. The summed E-state index contributed by atoms with van der Waals surface area (Å²) < 4.78 is 5.40. The first-order valence-corrected chi connectivity index (χ1v) is 9.36. The topological polar surface area (TPSA) is 74.8 Å². The number of carbonyl (C=O) groups is 2. The SMILES string of the molecule is O=C(Nc1nccs1)C1OC1C(=O)N(Cc1ccccc1)c1ccccc1. The van der Waals surface area contributed by atoms with E-state index in [0.29, 0.717) is 11.7 Å². The summed E-state index contributed by atoms with van der Waals surface area (Å²) in [6.07, 6.45) is 0.0329. The van der Waals surface area contributed by atoms with Gasteiger partial charge in [-0.15, -0.1) is 11.3 Å². The summed E-state index contributed by atoms with van der Waals surface area (Å²) in [6, 6.07) is 19.1. The molecule has 3 aromatic rings. The summed E-state index contributed by atoms with van der Waals surface area (Å²) in [5.41, 5.74) is 1.76. The minimum absolute atomic E-state index is 0.232. The smallest absolute Gasteiger partial charge is 0.259 e. The van der Waals surface area contributed by atoms with E-state index in [4.69, 9.17) is 4.74 Å². The molecule has 4 rings (SSSR count). The second kappa shape index (κ2) is 7.69. The highest BCUT2D eigenvalue weighted by Gasteiger charge is 2.52. The van der Waals surface area contributed by atoms with Gasteiger partial charge in [-0.2, -0.15) is 0 Å². The molecule has 6 nitrogen and oxygen atoms in total. The molecule has 2 unspecified atom stereocenters. The number of rotatable bonds is 6. The Morgan fingerprint density at radius 1 is 1.04 bits per heavy atom. The largest absolute Gasteiger partial charge is 0.349 e. The molecule has 0 aliphatic carbocycles. The number of benzene rings is 2. The molecule has 136 valence electrons. The first kappa shape index (κ1) is 17.4. The Balaban J connectivity index is 1.49. The lowest BCUT2D eigenvalue weighted by molar-refractivity contribution is -0.120. The Bertz CT molecular complexity index is 916. The normalized spacial score (nSPS) is 17.9. The van der Waals surface area contributed by atoms with Gasteiger partial charge in [0.15, 0.2) is 17.3 Å². The highest BCUT2D eigenvalue weighted by atomic mass is 32.1. The van der Waals surface area contributed by atoms with Gasteiger partial charge in [0.2, 0.25) is 0 Å². The Morgan fingerprint density at radius 3 is 2.41 bits per heavy atom. The molecule has 2 aromatic carbocycles. The average molecular weight is 379 g/mol. The number of hydrogen-bond acceptors (Lipinski definition) is 5. The highest BCUT2D eigenvalue weighted by molar-refractivity contribution is 7.13. The number of epoxide rings is 1. The Kier molecular flexibility index (Phi) is 4.95. The van der Waals surface area contributed by atoms with E-state index in [2.05, 4.69) is 10.3 Å². The van der Waals surface area contributed by atoms with Gasteiger partial charge in [-0.1, -0.05) is 48.5 Å². The lowest BCUT2D eigenvalue weighted by Crippen LogP contribution is -2.36. The summed E-state index contributed by atoms with van der Waals surface area (Å²) in [6.45, 7) is 0.407. The van der Waals surface area contributed by atoms with Crippen LogP contribution in [0.25, 0.3) is 0 Å². The highest BCUT2D eigenvalue weighted by Crippen LogP contribution is 2.29. The van der Waals surface area contributed by atoms with Crippen molar-refractivity contribution in [3.8, 4) is 0 Å². The van der Waals surface area contributed by atoms with Gasteiger partial charge in [0.05, 0.1) is 6.54 Å². The lowest BCUT2D eigenvalue weighted by atomic mass is 10.1. The molecule has 0 radical (unpaired) electrons. The minimum atomic E-state index is -0.789. The zero-order chi connectivity index (χ0) is 18.6. The van der Waals surface area contributed by atoms with E-state index >= 15 is 0 Å². The van der Waals surface area contributed by atoms with Gasteiger partial charge >= 0.3 is 0 Å². The van der Waals surface area contributed by atoms with Crippen LogP contribution in [-0.4, -0.2) is 29.0 Å². The van der Waals surface area contributed by atoms with Crippen LogP contribution in [0.4, 0.5) is 10.8 Å². The molecular weight excluding hydrogens is 362 g/mol. The molecule has 2 heterocycles. The standard InChI is InChI=1S/C20H17N3O3S/c24-18(22-20-21-11-12-27-20)16-17(26-16)19(25)23(15-9-5-2-6-10-15)13-14-7-3-1-4-8-14/h1-12,16-17H,13H2,(H,21,22,24). The van der Waals surface area contributed by atoms with E-state index in [0.717, 1.165) is 11.3 Å². The van der Waals surface area contributed by atoms with Gasteiger partial charge in [0.25, 0.3) is 11.8 Å². The van der Waals surface area contributed by atoms with Gasteiger partial charge in [0.1, 0.15) is 0 Å². The molecule has 27 heavy (non-hydrogen) atoms. The van der Waals surface area contributed by atoms with Crippen molar-refractivity contribution in [3.05, 3.63) is 77.8 Å². The van der Waals surface area contributed by atoms with Gasteiger partial charge in [-0.25, -0.2) is 4.98 Å². The van der Waals surface area contributed by atoms with Crippen LogP contribution in [0.2, 0.25) is 0 Å². The zero-order valence-corrected chi connectivity index (χ0v) is 15.1. The fraction of sp³-hybridized carbons (Fsp3) is 0.150. The summed E-state index contributed by atoms with van der Waals surface area (Å²) >= 11 is 1.32. The van der Waals surface area contributed by atoms with Crippen LogP contribution in [-0.2, 0) is 20.9 Å². The number of nitrogens with zero attached hydrogens (tertiary/aromatic N) is 2. The number of ether oxygens (including phenoxy) is 1. The number of carbonyl (C=O) groups excluding carboxylic acids is 2. The Hall–Kier alpha value is -3.03. The molecule has 2 amide bonds. The van der Waals surface area contributed by atoms with Crippen LogP contribution in [0.1, 0.15) is 5.56 Å². The third-order valence-corrected chi connectivity index (χ3v) is 4.86. The summed E-state index contributed by atoms with van der Waals surface area (Å²) in [7, 11) is 0. The number of aromatic nitrogens is 1. The van der Waals surface area contributed by atoms with Gasteiger partial charge in [0, 0.05) is 17.3 Å². The van der Waals surface area contributed by atoms with Crippen LogP contribution in [0, 0.1) is 0 Å². The van der Waals surface area contributed by atoms with Crippen molar-refractivity contribution < 1.29 is 14.3 Å². The second-order valence-corrected chi connectivity index (χ2v) is 6.94. The molecule has 1 aliphatic rings. The van der Waals surface area contributed by atoms with Crippen molar-refractivity contribution in [2.75, 3.05) is 10.2 Å². The van der Waals surface area contributed by atoms with Crippen LogP contribution in [0.5, 0.6) is 0 Å². The van der Waals surface area contributed by atoms with E-state index in [1.165, 1.54) is 11.3 Å². The van der Waals surface area contributed by atoms with E-state index in [9.17, 15) is 9.59 Å².